The van der Waals surface area contributed by atoms with E-state index in [2.05, 4.69) is 21.2 Å². The van der Waals surface area contributed by atoms with E-state index < -0.39 is 5.54 Å². The van der Waals surface area contributed by atoms with Crippen molar-refractivity contribution in [2.75, 3.05) is 6.61 Å². The van der Waals surface area contributed by atoms with Crippen molar-refractivity contribution in [1.82, 2.24) is 9.88 Å². The Morgan fingerprint density at radius 1 is 1.53 bits per heavy atom. The number of halogens is 1. The molecule has 0 aliphatic heterocycles. The van der Waals surface area contributed by atoms with Crippen molar-refractivity contribution in [3.63, 3.8) is 0 Å². The fourth-order valence-corrected chi connectivity index (χ4v) is 2.11. The van der Waals surface area contributed by atoms with Crippen molar-refractivity contribution < 1.29 is 9.90 Å². The highest BCUT2D eigenvalue weighted by Crippen LogP contribution is 2.13. The van der Waals surface area contributed by atoms with E-state index >= 15 is 0 Å². The van der Waals surface area contributed by atoms with Gasteiger partial charge in [-0.15, -0.1) is 0 Å². The minimum absolute atomic E-state index is 0.0153. The zero-order chi connectivity index (χ0) is 14.5. The number of pyridine rings is 1. The van der Waals surface area contributed by atoms with Gasteiger partial charge in [0.25, 0.3) is 5.56 Å². The molecule has 0 saturated heterocycles. The van der Waals surface area contributed by atoms with E-state index in [0.717, 1.165) is 4.47 Å². The van der Waals surface area contributed by atoms with Gasteiger partial charge in [-0.05, 0) is 41.8 Å². The molecule has 1 rings (SSSR count). The standard InChI is InChI=1S/C13H19BrN2O3/c1-3-13(2,6-7-17)15-11(18)9-16-8-10(14)4-5-12(16)19/h4-5,8,17H,3,6-7,9H2,1-2H3,(H,15,18). The van der Waals surface area contributed by atoms with Gasteiger partial charge in [0.1, 0.15) is 6.54 Å². The van der Waals surface area contributed by atoms with E-state index in [1.54, 1.807) is 12.3 Å². The molecular formula is C13H19BrN2O3. The lowest BCUT2D eigenvalue weighted by molar-refractivity contribution is -0.123. The van der Waals surface area contributed by atoms with E-state index in [1.165, 1.54) is 10.6 Å². The molecule has 19 heavy (non-hydrogen) atoms. The molecule has 0 spiro atoms. The number of rotatable bonds is 6. The van der Waals surface area contributed by atoms with Crippen LogP contribution in [0.5, 0.6) is 0 Å². The number of carbonyl (C=O) groups is 1. The van der Waals surface area contributed by atoms with E-state index in [9.17, 15) is 9.59 Å². The van der Waals surface area contributed by atoms with Gasteiger partial charge in [0.15, 0.2) is 0 Å². The summed E-state index contributed by atoms with van der Waals surface area (Å²) in [6, 6.07) is 3.04. The van der Waals surface area contributed by atoms with Crippen LogP contribution in [-0.4, -0.2) is 27.7 Å². The number of amides is 1. The second-order valence-electron chi connectivity index (χ2n) is 4.75. The van der Waals surface area contributed by atoms with Crippen molar-refractivity contribution in [3.05, 3.63) is 33.2 Å². The molecule has 106 valence electrons. The minimum atomic E-state index is -0.443. The van der Waals surface area contributed by atoms with Crippen molar-refractivity contribution in [2.24, 2.45) is 0 Å². The SMILES string of the molecule is CCC(C)(CCO)NC(=O)Cn1cc(Br)ccc1=O. The van der Waals surface area contributed by atoms with Gasteiger partial charge >= 0.3 is 0 Å². The predicted octanol–water partition coefficient (Wildman–Crippen LogP) is 1.28. The number of aliphatic hydroxyl groups is 1. The maximum atomic E-state index is 12.0. The summed E-state index contributed by atoms with van der Waals surface area (Å²) in [5.41, 5.74) is -0.666. The van der Waals surface area contributed by atoms with Gasteiger partial charge in [-0.3, -0.25) is 9.59 Å². The summed E-state index contributed by atoms with van der Waals surface area (Å²) >= 11 is 3.26. The Bertz CT molecular complexity index is 501. The molecular weight excluding hydrogens is 312 g/mol. The van der Waals surface area contributed by atoms with Crippen LogP contribution < -0.4 is 10.9 Å². The molecule has 1 heterocycles. The molecule has 6 heteroatoms. The summed E-state index contributed by atoms with van der Waals surface area (Å²) in [6.07, 6.45) is 2.78. The number of aliphatic hydroxyl groups excluding tert-OH is 1. The molecule has 0 aliphatic carbocycles. The van der Waals surface area contributed by atoms with Crippen LogP contribution in [0.25, 0.3) is 0 Å². The summed E-state index contributed by atoms with van der Waals surface area (Å²) < 4.78 is 2.09. The van der Waals surface area contributed by atoms with Gasteiger partial charge in [0.2, 0.25) is 5.91 Å². The first kappa shape index (κ1) is 15.9. The highest BCUT2D eigenvalue weighted by Gasteiger charge is 2.23. The molecule has 0 radical (unpaired) electrons. The number of hydrogen-bond donors (Lipinski definition) is 2. The van der Waals surface area contributed by atoms with Gasteiger partial charge in [-0.2, -0.15) is 0 Å². The topological polar surface area (TPSA) is 71.3 Å². The van der Waals surface area contributed by atoms with Crippen molar-refractivity contribution in [3.8, 4) is 0 Å². The molecule has 1 aromatic heterocycles. The van der Waals surface area contributed by atoms with Crippen molar-refractivity contribution in [1.29, 1.82) is 0 Å². The first-order valence-corrected chi connectivity index (χ1v) is 6.97. The maximum Gasteiger partial charge on any atom is 0.251 e. The first-order valence-electron chi connectivity index (χ1n) is 6.18. The second-order valence-corrected chi connectivity index (χ2v) is 5.67. The number of nitrogens with one attached hydrogen (secondary N) is 1. The van der Waals surface area contributed by atoms with Gasteiger partial charge in [0, 0.05) is 28.9 Å². The van der Waals surface area contributed by atoms with Crippen LogP contribution in [0.4, 0.5) is 0 Å². The Kier molecular flexibility index (Phi) is 5.75. The zero-order valence-electron chi connectivity index (χ0n) is 11.1. The van der Waals surface area contributed by atoms with Gasteiger partial charge in [0.05, 0.1) is 0 Å². The molecule has 0 bridgehead atoms. The van der Waals surface area contributed by atoms with Crippen LogP contribution in [0.15, 0.2) is 27.6 Å². The van der Waals surface area contributed by atoms with Crippen LogP contribution in [0, 0.1) is 0 Å². The Labute approximate surface area is 120 Å². The third-order valence-corrected chi connectivity index (χ3v) is 3.62. The summed E-state index contributed by atoms with van der Waals surface area (Å²) in [7, 11) is 0. The molecule has 1 unspecified atom stereocenters. The normalized spacial score (nSPS) is 13.9. The third kappa shape index (κ3) is 4.80. The Hall–Kier alpha value is -1.14. The third-order valence-electron chi connectivity index (χ3n) is 3.15. The molecule has 1 aromatic rings. The van der Waals surface area contributed by atoms with Crippen LogP contribution in [-0.2, 0) is 11.3 Å². The Morgan fingerprint density at radius 2 is 2.21 bits per heavy atom. The smallest absolute Gasteiger partial charge is 0.251 e. The lowest BCUT2D eigenvalue weighted by atomic mass is 9.95. The lowest BCUT2D eigenvalue weighted by Crippen LogP contribution is -2.48. The van der Waals surface area contributed by atoms with Crippen LogP contribution in [0.3, 0.4) is 0 Å². The van der Waals surface area contributed by atoms with Crippen LogP contribution >= 0.6 is 15.9 Å². The quantitative estimate of drug-likeness (QED) is 0.825. The van der Waals surface area contributed by atoms with E-state index in [1.807, 2.05) is 13.8 Å². The van der Waals surface area contributed by atoms with E-state index in [-0.39, 0.29) is 24.6 Å². The number of aromatic nitrogens is 1. The predicted molar refractivity (Wildman–Crippen MR) is 76.9 cm³/mol. The minimum Gasteiger partial charge on any atom is -0.396 e. The molecule has 0 aromatic carbocycles. The largest absolute Gasteiger partial charge is 0.396 e. The summed E-state index contributed by atoms with van der Waals surface area (Å²) in [4.78, 5) is 23.5. The van der Waals surface area contributed by atoms with Gasteiger partial charge < -0.3 is 15.0 Å². The summed E-state index contributed by atoms with van der Waals surface area (Å²) in [5.74, 6) is -0.238. The molecule has 0 aliphatic rings. The number of hydrogen-bond acceptors (Lipinski definition) is 3. The highest BCUT2D eigenvalue weighted by molar-refractivity contribution is 9.10. The highest BCUT2D eigenvalue weighted by atomic mass is 79.9. The lowest BCUT2D eigenvalue weighted by Gasteiger charge is -2.29. The van der Waals surface area contributed by atoms with E-state index in [4.69, 9.17) is 5.11 Å². The molecule has 2 N–H and O–H groups in total. The average molecular weight is 331 g/mol. The number of nitrogens with zero attached hydrogens (tertiary/aromatic N) is 1. The molecule has 0 fully saturated rings. The average Bonchev–Trinajstić information content (AvgIpc) is 2.34. The van der Waals surface area contributed by atoms with Gasteiger partial charge in [-0.25, -0.2) is 0 Å². The van der Waals surface area contributed by atoms with Gasteiger partial charge in [-0.1, -0.05) is 6.92 Å². The Balaban J connectivity index is 2.74. The molecule has 5 nitrogen and oxygen atoms in total. The molecule has 1 atom stereocenters. The fourth-order valence-electron chi connectivity index (χ4n) is 1.73. The summed E-state index contributed by atoms with van der Waals surface area (Å²) in [6.45, 7) is 3.81. The maximum absolute atomic E-state index is 12.0. The molecule has 0 saturated carbocycles. The fraction of sp³-hybridized carbons (Fsp3) is 0.538. The number of carbonyl (C=O) groups excluding carboxylic acids is 1. The Morgan fingerprint density at radius 3 is 2.79 bits per heavy atom. The monoisotopic (exact) mass is 330 g/mol. The van der Waals surface area contributed by atoms with Crippen molar-refractivity contribution in [2.45, 2.75) is 38.8 Å². The first-order chi connectivity index (χ1) is 8.90. The summed E-state index contributed by atoms with van der Waals surface area (Å²) in [5, 5.41) is 11.9. The van der Waals surface area contributed by atoms with Crippen molar-refractivity contribution >= 4 is 21.8 Å². The second kappa shape index (κ2) is 6.86. The zero-order valence-corrected chi connectivity index (χ0v) is 12.7. The van der Waals surface area contributed by atoms with Crippen LogP contribution in [0.2, 0.25) is 0 Å². The molecule has 1 amide bonds. The van der Waals surface area contributed by atoms with E-state index in [0.29, 0.717) is 12.8 Å². The van der Waals surface area contributed by atoms with Crippen LogP contribution in [0.1, 0.15) is 26.7 Å².